The zero-order valence-corrected chi connectivity index (χ0v) is 23.6. The number of carbonyl (C=O) groups excluding carboxylic acids is 1. The summed E-state index contributed by atoms with van der Waals surface area (Å²) < 4.78 is 45.9. The van der Waals surface area contributed by atoms with Crippen LogP contribution in [0.4, 0.5) is 0 Å². The van der Waals surface area contributed by atoms with E-state index < -0.39 is 22.2 Å². The van der Waals surface area contributed by atoms with Gasteiger partial charge in [-0.15, -0.1) is 0 Å². The molecule has 0 N–H and O–H groups in total. The Morgan fingerprint density at radius 1 is 0.975 bits per heavy atom. The molecule has 0 unspecified atom stereocenters. The van der Waals surface area contributed by atoms with Crippen molar-refractivity contribution in [1.82, 2.24) is 4.57 Å². The minimum absolute atomic E-state index is 0.0523. The average Bonchev–Trinajstić information content (AvgIpc) is 3.27. The SMILES string of the molecule is COC(=O)c1ccc2c(C3CCCCC3)c3n(c2c1)C[C@H](OS(=O)(=O)c1ccc(C)cc1)COc1ccccc1-3. The Bertz CT molecular complexity index is 1670. The standard InChI is InChI=1S/C32H33NO6S/c1-21-12-15-25(16-13-21)40(35,36)39-24-19-33-28-18-23(32(34)37-2)14-17-26(28)30(22-8-4-3-5-9-22)31(33)27-10-6-7-11-29(27)38-20-24/h6-7,10-18,22,24H,3-5,8-9,19-20H2,1-2H3/t24-/m0/s1. The molecule has 3 aromatic carbocycles. The van der Waals surface area contributed by atoms with Gasteiger partial charge in [0, 0.05) is 16.5 Å². The second-order valence-electron chi connectivity index (χ2n) is 10.7. The first-order chi connectivity index (χ1) is 19.4. The molecule has 0 spiro atoms. The van der Waals surface area contributed by atoms with Crippen LogP contribution in [0.5, 0.6) is 5.75 Å². The molecule has 1 aliphatic carbocycles. The molecule has 1 saturated carbocycles. The molecular formula is C32H33NO6S. The van der Waals surface area contributed by atoms with Gasteiger partial charge in [0.25, 0.3) is 10.1 Å². The van der Waals surface area contributed by atoms with E-state index >= 15 is 0 Å². The molecule has 1 fully saturated rings. The third-order valence-corrected chi connectivity index (χ3v) is 9.44. The zero-order valence-electron chi connectivity index (χ0n) is 22.8. The molecule has 7 nitrogen and oxygen atoms in total. The maximum Gasteiger partial charge on any atom is 0.337 e. The van der Waals surface area contributed by atoms with Crippen LogP contribution in [0.3, 0.4) is 0 Å². The van der Waals surface area contributed by atoms with E-state index in [1.165, 1.54) is 19.1 Å². The summed E-state index contributed by atoms with van der Waals surface area (Å²) in [6.45, 7) is 2.20. The van der Waals surface area contributed by atoms with Crippen molar-refractivity contribution >= 4 is 27.0 Å². The number of ether oxygens (including phenoxy) is 2. The van der Waals surface area contributed by atoms with Gasteiger partial charge in [0.1, 0.15) is 18.5 Å². The molecule has 0 amide bonds. The maximum atomic E-state index is 13.3. The lowest BCUT2D eigenvalue weighted by molar-refractivity contribution is 0.0601. The molecule has 40 heavy (non-hydrogen) atoms. The Labute approximate surface area is 234 Å². The zero-order chi connectivity index (χ0) is 27.9. The van der Waals surface area contributed by atoms with E-state index in [-0.39, 0.29) is 18.0 Å². The molecule has 4 aromatic rings. The number of esters is 1. The van der Waals surface area contributed by atoms with Crippen molar-refractivity contribution in [2.45, 2.75) is 62.5 Å². The lowest BCUT2D eigenvalue weighted by atomic mass is 9.81. The van der Waals surface area contributed by atoms with Crippen molar-refractivity contribution in [3.63, 3.8) is 0 Å². The number of para-hydroxylation sites is 1. The van der Waals surface area contributed by atoms with Crippen LogP contribution < -0.4 is 4.74 Å². The highest BCUT2D eigenvalue weighted by Crippen LogP contribution is 2.47. The fraction of sp³-hybridized carbons (Fsp3) is 0.344. The average molecular weight is 560 g/mol. The molecule has 1 atom stereocenters. The second-order valence-corrected chi connectivity index (χ2v) is 12.3. The number of nitrogens with zero attached hydrogens (tertiary/aromatic N) is 1. The number of hydrogen-bond acceptors (Lipinski definition) is 6. The molecule has 0 saturated heterocycles. The van der Waals surface area contributed by atoms with Crippen molar-refractivity contribution in [2.24, 2.45) is 0 Å². The number of methoxy groups -OCH3 is 1. The summed E-state index contributed by atoms with van der Waals surface area (Å²) in [6, 6.07) is 20.2. The fourth-order valence-electron chi connectivity index (χ4n) is 6.13. The second kappa shape index (κ2) is 10.7. The highest BCUT2D eigenvalue weighted by molar-refractivity contribution is 7.86. The van der Waals surface area contributed by atoms with Crippen LogP contribution in [-0.2, 0) is 25.6 Å². The van der Waals surface area contributed by atoms with E-state index in [4.69, 9.17) is 13.7 Å². The highest BCUT2D eigenvalue weighted by Gasteiger charge is 2.32. The first kappa shape index (κ1) is 26.6. The Hall–Kier alpha value is -3.62. The molecule has 2 heterocycles. The topological polar surface area (TPSA) is 83.8 Å². The predicted octanol–water partition coefficient (Wildman–Crippen LogP) is 6.62. The number of aromatic nitrogens is 1. The molecule has 1 aromatic heterocycles. The van der Waals surface area contributed by atoms with Gasteiger partial charge >= 0.3 is 5.97 Å². The van der Waals surface area contributed by atoms with Gasteiger partial charge in [-0.3, -0.25) is 4.18 Å². The van der Waals surface area contributed by atoms with Crippen molar-refractivity contribution in [3.05, 3.63) is 83.4 Å². The third-order valence-electron chi connectivity index (χ3n) is 8.06. The van der Waals surface area contributed by atoms with Gasteiger partial charge in [-0.25, -0.2) is 4.79 Å². The number of hydrogen-bond donors (Lipinski definition) is 0. The number of carbonyl (C=O) groups is 1. The number of rotatable bonds is 5. The number of fused-ring (bicyclic) bond motifs is 5. The van der Waals surface area contributed by atoms with E-state index in [9.17, 15) is 13.2 Å². The van der Waals surface area contributed by atoms with Gasteiger partial charge in [0.2, 0.25) is 0 Å². The molecule has 1 aliphatic heterocycles. The molecule has 6 rings (SSSR count). The van der Waals surface area contributed by atoms with E-state index in [2.05, 4.69) is 10.6 Å². The summed E-state index contributed by atoms with van der Waals surface area (Å²) in [5.41, 5.74) is 5.45. The van der Waals surface area contributed by atoms with Gasteiger partial charge in [0.05, 0.1) is 29.8 Å². The quantitative estimate of drug-likeness (QED) is 0.202. The van der Waals surface area contributed by atoms with Crippen LogP contribution in [0.25, 0.3) is 22.2 Å². The van der Waals surface area contributed by atoms with Crippen LogP contribution in [0.15, 0.2) is 71.6 Å². The van der Waals surface area contributed by atoms with Crippen LogP contribution in [0.2, 0.25) is 0 Å². The third kappa shape index (κ3) is 4.90. The minimum atomic E-state index is -4.04. The van der Waals surface area contributed by atoms with Gasteiger partial charge in [-0.1, -0.05) is 55.2 Å². The Balaban J connectivity index is 1.53. The minimum Gasteiger partial charge on any atom is -0.490 e. The summed E-state index contributed by atoms with van der Waals surface area (Å²) in [5, 5.41) is 1.06. The molecular weight excluding hydrogens is 526 g/mol. The van der Waals surface area contributed by atoms with Gasteiger partial charge in [-0.05, 0) is 67.6 Å². The van der Waals surface area contributed by atoms with Crippen molar-refractivity contribution in [3.8, 4) is 17.0 Å². The highest BCUT2D eigenvalue weighted by atomic mass is 32.2. The summed E-state index contributed by atoms with van der Waals surface area (Å²) in [6.07, 6.45) is 4.91. The van der Waals surface area contributed by atoms with Crippen LogP contribution >= 0.6 is 0 Å². The molecule has 2 aliphatic rings. The van der Waals surface area contributed by atoms with Crippen molar-refractivity contribution in [1.29, 1.82) is 0 Å². The largest absolute Gasteiger partial charge is 0.490 e. The molecule has 0 bridgehead atoms. The lowest BCUT2D eigenvalue weighted by Gasteiger charge is -2.27. The van der Waals surface area contributed by atoms with Crippen LogP contribution in [0, 0.1) is 6.92 Å². The Kier molecular flexibility index (Phi) is 7.15. The summed E-state index contributed by atoms with van der Waals surface area (Å²) in [4.78, 5) is 12.6. The van der Waals surface area contributed by atoms with E-state index in [0.29, 0.717) is 17.2 Å². The fourth-order valence-corrected chi connectivity index (χ4v) is 7.19. The van der Waals surface area contributed by atoms with Crippen LogP contribution in [0.1, 0.15) is 59.5 Å². The van der Waals surface area contributed by atoms with E-state index in [1.54, 1.807) is 24.3 Å². The Morgan fingerprint density at radius 2 is 1.73 bits per heavy atom. The molecule has 208 valence electrons. The molecule has 0 radical (unpaired) electrons. The first-order valence-electron chi connectivity index (χ1n) is 13.8. The van der Waals surface area contributed by atoms with Gasteiger partial charge in [-0.2, -0.15) is 8.42 Å². The maximum absolute atomic E-state index is 13.3. The normalized spacial score (nSPS) is 17.8. The number of benzene rings is 3. The smallest absolute Gasteiger partial charge is 0.337 e. The summed E-state index contributed by atoms with van der Waals surface area (Å²) in [7, 11) is -2.67. The van der Waals surface area contributed by atoms with Gasteiger partial charge in [0.15, 0.2) is 0 Å². The summed E-state index contributed by atoms with van der Waals surface area (Å²) in [5.74, 6) is 0.610. The van der Waals surface area contributed by atoms with Crippen molar-refractivity contribution < 1.29 is 26.9 Å². The van der Waals surface area contributed by atoms with Gasteiger partial charge < -0.3 is 14.0 Å². The lowest BCUT2D eigenvalue weighted by Crippen LogP contribution is -2.31. The predicted molar refractivity (Wildman–Crippen MR) is 153 cm³/mol. The Morgan fingerprint density at radius 3 is 2.48 bits per heavy atom. The van der Waals surface area contributed by atoms with E-state index in [1.807, 2.05) is 43.3 Å². The first-order valence-corrected chi connectivity index (χ1v) is 15.2. The van der Waals surface area contributed by atoms with Crippen molar-refractivity contribution in [2.75, 3.05) is 13.7 Å². The molecule has 8 heteroatoms. The van der Waals surface area contributed by atoms with E-state index in [0.717, 1.165) is 53.4 Å². The van der Waals surface area contributed by atoms with Crippen LogP contribution in [-0.4, -0.2) is 38.8 Å². The number of aryl methyl sites for hydroxylation is 1. The monoisotopic (exact) mass is 559 g/mol. The summed E-state index contributed by atoms with van der Waals surface area (Å²) >= 11 is 0.